The first kappa shape index (κ1) is 20.5. The van der Waals surface area contributed by atoms with Crippen molar-refractivity contribution in [2.45, 2.75) is 64.7 Å². The first-order chi connectivity index (χ1) is 11.9. The predicted octanol–water partition coefficient (Wildman–Crippen LogP) is 1.60. The van der Waals surface area contributed by atoms with Gasteiger partial charge < -0.3 is 19.4 Å². The summed E-state index contributed by atoms with van der Waals surface area (Å²) in [7, 11) is 0.827. The molecule has 0 saturated carbocycles. The molecule has 0 unspecified atom stereocenters. The lowest BCUT2D eigenvalue weighted by Gasteiger charge is -2.32. The van der Waals surface area contributed by atoms with Crippen LogP contribution in [0.5, 0.6) is 0 Å². The van der Waals surface area contributed by atoms with Crippen molar-refractivity contribution in [3.05, 3.63) is 29.8 Å². The van der Waals surface area contributed by atoms with Crippen LogP contribution in [0.15, 0.2) is 24.3 Å². The van der Waals surface area contributed by atoms with Crippen LogP contribution in [0.25, 0.3) is 0 Å². The first-order valence-electron chi connectivity index (χ1n) is 8.72. The third kappa shape index (κ3) is 4.10. The fourth-order valence-electron chi connectivity index (χ4n) is 3.02. The second-order valence-electron chi connectivity index (χ2n) is 8.01. The number of esters is 1. The van der Waals surface area contributed by atoms with Gasteiger partial charge in [0.1, 0.15) is 5.54 Å². The third-order valence-corrected chi connectivity index (χ3v) is 5.12. The highest BCUT2D eigenvalue weighted by Gasteiger charge is 2.51. The van der Waals surface area contributed by atoms with E-state index in [-0.39, 0.29) is 5.91 Å². The maximum absolute atomic E-state index is 12.2. The molecule has 0 aromatic heterocycles. The fourth-order valence-corrected chi connectivity index (χ4v) is 3.02. The number of carbonyl (C=O) groups excluding carboxylic acids is 2. The predicted molar refractivity (Wildman–Crippen MR) is 100 cm³/mol. The normalized spacial score (nSPS) is 20.3. The van der Waals surface area contributed by atoms with E-state index in [4.69, 9.17) is 14.0 Å². The molecule has 1 heterocycles. The quantitative estimate of drug-likeness (QED) is 0.637. The highest BCUT2D eigenvalue weighted by atomic mass is 16.7. The summed E-state index contributed by atoms with van der Waals surface area (Å²) < 4.78 is 17.0. The number of methoxy groups -OCH3 is 1. The van der Waals surface area contributed by atoms with Gasteiger partial charge in [-0.2, -0.15) is 0 Å². The van der Waals surface area contributed by atoms with Gasteiger partial charge in [0.25, 0.3) is 0 Å². The van der Waals surface area contributed by atoms with Crippen molar-refractivity contribution in [3.8, 4) is 0 Å². The maximum Gasteiger partial charge on any atom is 0.494 e. The van der Waals surface area contributed by atoms with Crippen LogP contribution in [0.4, 0.5) is 0 Å². The van der Waals surface area contributed by atoms with Crippen molar-refractivity contribution >= 4 is 24.5 Å². The zero-order chi connectivity index (χ0) is 19.8. The molecule has 1 aliphatic rings. The number of amides is 1. The molecule has 26 heavy (non-hydrogen) atoms. The van der Waals surface area contributed by atoms with Crippen LogP contribution >= 0.6 is 0 Å². The largest absolute Gasteiger partial charge is 0.494 e. The monoisotopic (exact) mass is 361 g/mol. The van der Waals surface area contributed by atoms with E-state index in [0.717, 1.165) is 11.0 Å². The Bertz CT molecular complexity index is 687. The van der Waals surface area contributed by atoms with E-state index in [2.05, 4.69) is 5.32 Å². The summed E-state index contributed by atoms with van der Waals surface area (Å²) in [4.78, 5) is 23.7. The molecule has 0 aliphatic carbocycles. The molecule has 1 atom stereocenters. The van der Waals surface area contributed by atoms with Gasteiger partial charge in [-0.15, -0.1) is 0 Å². The number of benzene rings is 1. The van der Waals surface area contributed by atoms with Crippen LogP contribution in [0.2, 0.25) is 0 Å². The lowest BCUT2D eigenvalue weighted by atomic mass is 9.77. The Morgan fingerprint density at radius 3 is 2.27 bits per heavy atom. The summed E-state index contributed by atoms with van der Waals surface area (Å²) >= 11 is 0. The van der Waals surface area contributed by atoms with Crippen molar-refractivity contribution in [1.82, 2.24) is 5.32 Å². The Morgan fingerprint density at radius 1 is 1.19 bits per heavy atom. The van der Waals surface area contributed by atoms with Crippen LogP contribution in [-0.2, 0) is 30.1 Å². The summed E-state index contributed by atoms with van der Waals surface area (Å²) in [5, 5.41) is 2.69. The van der Waals surface area contributed by atoms with Gasteiger partial charge in [0.2, 0.25) is 5.91 Å². The van der Waals surface area contributed by atoms with E-state index in [1.54, 1.807) is 6.92 Å². The summed E-state index contributed by atoms with van der Waals surface area (Å²) in [6.07, 6.45) is 0.298. The molecule has 6 nitrogen and oxygen atoms in total. The molecule has 7 heteroatoms. The van der Waals surface area contributed by atoms with Crippen LogP contribution in [0.3, 0.4) is 0 Å². The van der Waals surface area contributed by atoms with E-state index >= 15 is 0 Å². The molecule has 1 fully saturated rings. The van der Waals surface area contributed by atoms with Crippen LogP contribution in [-0.4, -0.2) is 42.8 Å². The molecular formula is C19H28BNO5. The molecule has 0 spiro atoms. The Morgan fingerprint density at radius 2 is 1.77 bits per heavy atom. The summed E-state index contributed by atoms with van der Waals surface area (Å²) in [5.74, 6) is -0.784. The molecule has 1 saturated heterocycles. The fraction of sp³-hybridized carbons (Fsp3) is 0.579. The molecule has 1 aliphatic heterocycles. The van der Waals surface area contributed by atoms with Crippen molar-refractivity contribution in [2.24, 2.45) is 0 Å². The third-order valence-electron chi connectivity index (χ3n) is 5.12. The SMILES string of the molecule is COC(=O)[C@](C)(Cc1cccc(B2OC(C)(C)C(C)(C)O2)c1)NC(C)=O. The number of hydrogen-bond donors (Lipinski definition) is 1. The minimum atomic E-state index is -1.14. The lowest BCUT2D eigenvalue weighted by molar-refractivity contribution is -0.149. The zero-order valence-electron chi connectivity index (χ0n) is 16.6. The smallest absolute Gasteiger partial charge is 0.467 e. The average molecular weight is 361 g/mol. The van der Waals surface area contributed by atoms with E-state index in [1.807, 2.05) is 52.0 Å². The van der Waals surface area contributed by atoms with Crippen LogP contribution < -0.4 is 10.8 Å². The van der Waals surface area contributed by atoms with E-state index in [0.29, 0.717) is 6.42 Å². The Hall–Kier alpha value is -1.86. The zero-order valence-corrected chi connectivity index (χ0v) is 16.6. The van der Waals surface area contributed by atoms with Gasteiger partial charge in [-0.3, -0.25) is 4.79 Å². The van der Waals surface area contributed by atoms with Gasteiger partial charge in [-0.05, 0) is 45.6 Å². The van der Waals surface area contributed by atoms with Gasteiger partial charge >= 0.3 is 13.1 Å². The molecular weight excluding hydrogens is 333 g/mol. The van der Waals surface area contributed by atoms with Gasteiger partial charge in [0, 0.05) is 13.3 Å². The molecule has 1 N–H and O–H groups in total. The standard InChI is InChI=1S/C19H28BNO5/c1-13(22)21-19(6,16(23)24-7)12-14-9-8-10-15(11-14)20-25-17(2,3)18(4,5)26-20/h8-11H,12H2,1-7H3,(H,21,22)/t19-/m0/s1. The second kappa shape index (κ2) is 7.04. The molecule has 2 rings (SSSR count). The van der Waals surface area contributed by atoms with E-state index in [9.17, 15) is 9.59 Å². The highest BCUT2D eigenvalue weighted by Crippen LogP contribution is 2.36. The first-order valence-corrected chi connectivity index (χ1v) is 8.72. The van der Waals surface area contributed by atoms with Crippen molar-refractivity contribution in [1.29, 1.82) is 0 Å². The summed E-state index contributed by atoms with van der Waals surface area (Å²) in [6, 6.07) is 7.66. The molecule has 1 aromatic carbocycles. The molecule has 1 amide bonds. The van der Waals surface area contributed by atoms with Crippen molar-refractivity contribution in [3.63, 3.8) is 0 Å². The van der Waals surface area contributed by atoms with Crippen molar-refractivity contribution in [2.75, 3.05) is 7.11 Å². The minimum Gasteiger partial charge on any atom is -0.467 e. The average Bonchev–Trinajstić information content (AvgIpc) is 2.74. The van der Waals surface area contributed by atoms with Crippen LogP contribution in [0, 0.1) is 0 Å². The van der Waals surface area contributed by atoms with E-state index < -0.39 is 29.8 Å². The Kier molecular flexibility index (Phi) is 5.54. The summed E-state index contributed by atoms with van der Waals surface area (Å²) in [6.45, 7) is 11.0. The molecule has 1 aromatic rings. The Labute approximate surface area is 155 Å². The second-order valence-corrected chi connectivity index (χ2v) is 8.01. The molecule has 0 radical (unpaired) electrons. The Balaban J connectivity index is 2.26. The van der Waals surface area contributed by atoms with Gasteiger partial charge in [-0.1, -0.05) is 24.3 Å². The summed E-state index contributed by atoms with van der Waals surface area (Å²) in [5.41, 5.74) is -0.251. The molecule has 142 valence electrons. The van der Waals surface area contributed by atoms with Crippen LogP contribution in [0.1, 0.15) is 47.1 Å². The minimum absolute atomic E-state index is 0.292. The maximum atomic E-state index is 12.2. The highest BCUT2D eigenvalue weighted by molar-refractivity contribution is 6.62. The number of hydrogen-bond acceptors (Lipinski definition) is 5. The van der Waals surface area contributed by atoms with Gasteiger partial charge in [0.15, 0.2) is 0 Å². The number of rotatable bonds is 5. The van der Waals surface area contributed by atoms with Gasteiger partial charge in [-0.25, -0.2) is 4.79 Å². The van der Waals surface area contributed by atoms with Crippen molar-refractivity contribution < 1.29 is 23.6 Å². The number of carbonyl (C=O) groups is 2. The lowest BCUT2D eigenvalue weighted by Crippen LogP contribution is -2.53. The number of nitrogens with one attached hydrogen (secondary N) is 1. The van der Waals surface area contributed by atoms with E-state index in [1.165, 1.54) is 14.0 Å². The molecule has 0 bridgehead atoms. The van der Waals surface area contributed by atoms with Gasteiger partial charge in [0.05, 0.1) is 18.3 Å². The number of ether oxygens (including phenoxy) is 1. The topological polar surface area (TPSA) is 73.9 Å².